The van der Waals surface area contributed by atoms with Crippen LogP contribution in [0.25, 0.3) is 11.1 Å². The van der Waals surface area contributed by atoms with E-state index in [1.165, 1.54) is 11.1 Å². The zero-order chi connectivity index (χ0) is 24.7. The molecule has 0 fully saturated rings. The van der Waals surface area contributed by atoms with Crippen molar-refractivity contribution in [3.05, 3.63) is 59.7 Å². The Morgan fingerprint density at radius 1 is 1.00 bits per heavy atom. The van der Waals surface area contributed by atoms with E-state index in [-0.39, 0.29) is 42.7 Å². The largest absolute Gasteiger partial charge is 0.481 e. The maximum Gasteiger partial charge on any atom is 0.407 e. The van der Waals surface area contributed by atoms with E-state index in [2.05, 4.69) is 34.9 Å². The van der Waals surface area contributed by atoms with Crippen molar-refractivity contribution in [3.63, 3.8) is 0 Å². The number of hydrogen-bond donors (Lipinski definition) is 3. The molecule has 0 bridgehead atoms. The number of carboxylic acid groups (broad SMARTS) is 1. The lowest BCUT2D eigenvalue weighted by atomic mass is 9.84. The summed E-state index contributed by atoms with van der Waals surface area (Å²) >= 11 is 0. The molecule has 1 aliphatic rings. The first-order valence-corrected chi connectivity index (χ1v) is 11.8. The molecule has 0 aromatic heterocycles. The lowest BCUT2D eigenvalue weighted by molar-refractivity contribution is -0.137. The van der Waals surface area contributed by atoms with Crippen LogP contribution in [0, 0.1) is 5.41 Å². The van der Waals surface area contributed by atoms with Crippen molar-refractivity contribution in [2.75, 3.05) is 13.2 Å². The number of hydrogen-bond acceptors (Lipinski definition) is 4. The summed E-state index contributed by atoms with van der Waals surface area (Å²) in [5.74, 6) is -0.994. The maximum absolute atomic E-state index is 12.4. The van der Waals surface area contributed by atoms with Crippen molar-refractivity contribution in [2.24, 2.45) is 5.41 Å². The molecule has 2 aromatic rings. The molecule has 34 heavy (non-hydrogen) atoms. The van der Waals surface area contributed by atoms with Gasteiger partial charge in [-0.15, -0.1) is 0 Å². The second kappa shape index (κ2) is 11.2. The lowest BCUT2D eigenvalue weighted by Crippen LogP contribution is -2.38. The number of ether oxygens (including phenoxy) is 1. The molecular formula is C27H34N2O5. The number of carbonyl (C=O) groups is 3. The molecule has 1 aliphatic carbocycles. The van der Waals surface area contributed by atoms with Crippen molar-refractivity contribution < 1.29 is 24.2 Å². The zero-order valence-electron chi connectivity index (χ0n) is 20.1. The van der Waals surface area contributed by atoms with E-state index >= 15 is 0 Å². The predicted molar refractivity (Wildman–Crippen MR) is 131 cm³/mol. The Morgan fingerprint density at radius 3 is 2.18 bits per heavy atom. The van der Waals surface area contributed by atoms with Crippen LogP contribution in [0.2, 0.25) is 0 Å². The van der Waals surface area contributed by atoms with Crippen LogP contribution in [0.4, 0.5) is 4.79 Å². The number of nitrogens with one attached hydrogen (secondary N) is 2. The number of rotatable bonds is 11. The van der Waals surface area contributed by atoms with Gasteiger partial charge in [0.15, 0.2) is 0 Å². The minimum atomic E-state index is -0.815. The molecule has 182 valence electrons. The van der Waals surface area contributed by atoms with Crippen molar-refractivity contribution in [2.45, 2.75) is 58.4 Å². The molecule has 2 aromatic carbocycles. The Kier molecular flexibility index (Phi) is 8.31. The topological polar surface area (TPSA) is 105 Å². The second-order valence-corrected chi connectivity index (χ2v) is 9.73. The minimum absolute atomic E-state index is 0.0127. The third kappa shape index (κ3) is 6.83. The molecule has 7 heteroatoms. The predicted octanol–water partition coefficient (Wildman–Crippen LogP) is 4.70. The molecule has 1 unspecified atom stereocenters. The van der Waals surface area contributed by atoms with E-state index in [0.29, 0.717) is 19.4 Å². The van der Waals surface area contributed by atoms with Gasteiger partial charge in [0.1, 0.15) is 6.61 Å². The summed E-state index contributed by atoms with van der Waals surface area (Å²) in [4.78, 5) is 35.4. The van der Waals surface area contributed by atoms with Crippen LogP contribution < -0.4 is 10.6 Å². The second-order valence-electron chi connectivity index (χ2n) is 9.73. The Bertz CT molecular complexity index is 988. The zero-order valence-corrected chi connectivity index (χ0v) is 20.1. The third-order valence-corrected chi connectivity index (χ3v) is 6.34. The summed E-state index contributed by atoms with van der Waals surface area (Å²) in [6, 6.07) is 15.9. The molecule has 0 aliphatic heterocycles. The van der Waals surface area contributed by atoms with Gasteiger partial charge in [0.25, 0.3) is 0 Å². The number of amides is 2. The van der Waals surface area contributed by atoms with Crippen LogP contribution in [0.1, 0.15) is 63.5 Å². The maximum atomic E-state index is 12.4. The van der Waals surface area contributed by atoms with E-state index in [9.17, 15) is 14.4 Å². The first-order chi connectivity index (χ1) is 16.2. The molecule has 3 N–H and O–H groups in total. The number of alkyl carbamates (subject to hydrolysis) is 1. The lowest BCUT2D eigenvalue weighted by Gasteiger charge is -2.24. The normalized spacial score (nSPS) is 13.5. The molecular weight excluding hydrogens is 432 g/mol. The highest BCUT2D eigenvalue weighted by Crippen LogP contribution is 2.44. The molecule has 0 radical (unpaired) electrons. The van der Waals surface area contributed by atoms with Gasteiger partial charge in [-0.3, -0.25) is 9.59 Å². The summed E-state index contributed by atoms with van der Waals surface area (Å²) in [6.07, 6.45) is 0.942. The number of carbonyl (C=O) groups excluding carboxylic acids is 2. The quantitative estimate of drug-likeness (QED) is 0.445. The van der Waals surface area contributed by atoms with Crippen LogP contribution >= 0.6 is 0 Å². The van der Waals surface area contributed by atoms with Crippen molar-refractivity contribution in [1.82, 2.24) is 10.6 Å². The van der Waals surface area contributed by atoms with E-state index < -0.39 is 12.1 Å². The van der Waals surface area contributed by atoms with Gasteiger partial charge in [-0.25, -0.2) is 4.79 Å². The highest BCUT2D eigenvalue weighted by atomic mass is 16.5. The minimum Gasteiger partial charge on any atom is -0.481 e. The molecule has 0 saturated carbocycles. The van der Waals surface area contributed by atoms with E-state index in [0.717, 1.165) is 11.1 Å². The Labute approximate surface area is 200 Å². The molecule has 1 atom stereocenters. The van der Waals surface area contributed by atoms with Crippen LogP contribution in [-0.2, 0) is 14.3 Å². The number of benzene rings is 2. The van der Waals surface area contributed by atoms with Gasteiger partial charge < -0.3 is 20.5 Å². The third-order valence-electron chi connectivity index (χ3n) is 6.34. The van der Waals surface area contributed by atoms with Gasteiger partial charge in [0.2, 0.25) is 5.91 Å². The first-order valence-electron chi connectivity index (χ1n) is 11.8. The smallest absolute Gasteiger partial charge is 0.407 e. The molecule has 0 heterocycles. The Morgan fingerprint density at radius 2 is 1.59 bits per heavy atom. The standard InChI is InChI=1S/C27H34N2O5/c1-18(16-24(30)28-15-14-27(2,3)13-12-25(31)32)29-26(33)34-17-23-21-10-6-4-8-19(21)20-9-5-7-11-22(20)23/h4-11,18,23H,12-17H2,1-3H3,(H,28,30)(H,29,33)(H,31,32). The summed E-state index contributed by atoms with van der Waals surface area (Å²) in [5, 5.41) is 14.4. The number of fused-ring (bicyclic) bond motifs is 3. The van der Waals surface area contributed by atoms with Crippen molar-refractivity contribution in [3.8, 4) is 11.1 Å². The van der Waals surface area contributed by atoms with E-state index in [1.807, 2.05) is 38.1 Å². The van der Waals surface area contributed by atoms with Gasteiger partial charge >= 0.3 is 12.1 Å². The van der Waals surface area contributed by atoms with E-state index in [1.54, 1.807) is 6.92 Å². The van der Waals surface area contributed by atoms with Crippen molar-refractivity contribution in [1.29, 1.82) is 0 Å². The summed E-state index contributed by atoms with van der Waals surface area (Å²) in [6.45, 7) is 6.43. The van der Waals surface area contributed by atoms with Crippen LogP contribution in [0.5, 0.6) is 0 Å². The summed E-state index contributed by atoms with van der Waals surface area (Å²) in [5.41, 5.74) is 4.47. The van der Waals surface area contributed by atoms with Gasteiger partial charge in [-0.05, 0) is 47.4 Å². The molecule has 0 saturated heterocycles. The molecule has 0 spiro atoms. The van der Waals surface area contributed by atoms with Gasteiger partial charge in [-0.2, -0.15) is 0 Å². The van der Waals surface area contributed by atoms with Crippen molar-refractivity contribution >= 4 is 18.0 Å². The summed E-state index contributed by atoms with van der Waals surface area (Å²) in [7, 11) is 0. The Balaban J connectivity index is 1.42. The van der Waals surface area contributed by atoms with Crippen LogP contribution in [0.3, 0.4) is 0 Å². The Hall–Kier alpha value is -3.35. The average Bonchev–Trinajstić information content (AvgIpc) is 3.10. The first kappa shape index (κ1) is 25.3. The fraction of sp³-hybridized carbons (Fsp3) is 0.444. The van der Waals surface area contributed by atoms with Crippen LogP contribution in [0.15, 0.2) is 48.5 Å². The number of aliphatic carboxylic acids is 1. The molecule has 3 rings (SSSR count). The van der Waals surface area contributed by atoms with Gasteiger partial charge in [0.05, 0.1) is 0 Å². The molecule has 2 amide bonds. The fourth-order valence-electron chi connectivity index (χ4n) is 4.35. The van der Waals surface area contributed by atoms with Gasteiger partial charge in [-0.1, -0.05) is 62.4 Å². The number of carboxylic acids is 1. The van der Waals surface area contributed by atoms with Gasteiger partial charge in [0, 0.05) is 31.3 Å². The summed E-state index contributed by atoms with van der Waals surface area (Å²) < 4.78 is 5.53. The SMILES string of the molecule is CC(CC(=O)NCCC(C)(C)CCC(=O)O)NC(=O)OCC1c2ccccc2-c2ccccc21. The molecule has 7 nitrogen and oxygen atoms in total. The fourth-order valence-corrected chi connectivity index (χ4v) is 4.35. The van der Waals surface area contributed by atoms with E-state index in [4.69, 9.17) is 9.84 Å². The average molecular weight is 467 g/mol. The van der Waals surface area contributed by atoms with Crippen LogP contribution in [-0.4, -0.2) is 42.3 Å². The monoisotopic (exact) mass is 466 g/mol. The highest BCUT2D eigenvalue weighted by molar-refractivity contribution is 5.79. The highest BCUT2D eigenvalue weighted by Gasteiger charge is 2.29.